The Balaban J connectivity index is 1.57. The van der Waals surface area contributed by atoms with Gasteiger partial charge in [0.25, 0.3) is 5.56 Å². The summed E-state index contributed by atoms with van der Waals surface area (Å²) in [4.78, 5) is 38.8. The van der Waals surface area contributed by atoms with E-state index in [0.717, 1.165) is 11.0 Å². The lowest BCUT2D eigenvalue weighted by Gasteiger charge is -2.33. The summed E-state index contributed by atoms with van der Waals surface area (Å²) in [5.41, 5.74) is 1.94. The average molecular weight is 400 g/mol. The van der Waals surface area contributed by atoms with Crippen LogP contribution in [-0.4, -0.2) is 45.8 Å². The summed E-state index contributed by atoms with van der Waals surface area (Å²) in [6.07, 6.45) is 0.0757. The van der Waals surface area contributed by atoms with Crippen LogP contribution in [0.25, 0.3) is 21.8 Å². The number of nitrogens with zero attached hydrogens (tertiary/aromatic N) is 6. The minimum Gasteiger partial charge on any atom is -0.355 e. The summed E-state index contributed by atoms with van der Waals surface area (Å²) in [6, 6.07) is 14.9. The second-order valence-electron chi connectivity index (χ2n) is 7.42. The number of hydrogen-bond donors (Lipinski definition) is 0. The van der Waals surface area contributed by atoms with E-state index >= 15 is 0 Å². The van der Waals surface area contributed by atoms with Crippen molar-refractivity contribution in [3.05, 3.63) is 64.6 Å². The van der Waals surface area contributed by atoms with Crippen molar-refractivity contribution in [1.29, 1.82) is 0 Å². The number of carbonyl (C=O) groups is 1. The highest BCUT2D eigenvalue weighted by Gasteiger charge is 2.29. The molecule has 0 spiro atoms. The lowest BCUT2D eigenvalue weighted by atomic mass is 10.1. The number of likely N-dealkylation sites (N-methyl/N-ethyl adjacent to an activating group) is 1. The van der Waals surface area contributed by atoms with Crippen LogP contribution in [0.15, 0.2) is 53.3 Å². The molecule has 0 aliphatic carbocycles. The van der Waals surface area contributed by atoms with E-state index in [1.807, 2.05) is 54.4 Å². The van der Waals surface area contributed by atoms with Gasteiger partial charge in [0.1, 0.15) is 0 Å². The first-order valence-corrected chi connectivity index (χ1v) is 9.76. The highest BCUT2D eigenvalue weighted by Crippen LogP contribution is 2.31. The Hall–Kier alpha value is -3.81. The Kier molecular flexibility index (Phi) is 4.20. The number of para-hydroxylation sites is 2. The molecule has 1 amide bonds. The maximum atomic E-state index is 13.3. The number of aryl methyl sites for hydroxylation is 1. The zero-order valence-corrected chi connectivity index (χ0v) is 16.7. The van der Waals surface area contributed by atoms with Gasteiger partial charge < -0.3 is 4.90 Å². The van der Waals surface area contributed by atoms with E-state index in [1.165, 1.54) is 4.68 Å². The van der Waals surface area contributed by atoms with Crippen LogP contribution in [0, 0.1) is 0 Å². The highest BCUT2D eigenvalue weighted by molar-refractivity contribution is 6.00. The molecule has 1 aliphatic heterocycles. The largest absolute Gasteiger partial charge is 0.355 e. The molecule has 0 atom stereocenters. The van der Waals surface area contributed by atoms with Gasteiger partial charge in [0.15, 0.2) is 11.6 Å². The lowest BCUT2D eigenvalue weighted by Crippen LogP contribution is -2.44. The van der Waals surface area contributed by atoms with E-state index in [9.17, 15) is 9.59 Å². The van der Waals surface area contributed by atoms with Gasteiger partial charge in [-0.15, -0.1) is 0 Å². The second-order valence-corrected chi connectivity index (χ2v) is 7.42. The molecule has 8 nitrogen and oxygen atoms in total. The summed E-state index contributed by atoms with van der Waals surface area (Å²) in [5, 5.41) is 5.63. The molecule has 0 fully saturated rings. The molecule has 2 aromatic carbocycles. The molecule has 8 heteroatoms. The molecule has 0 unspecified atom stereocenters. The predicted molar refractivity (Wildman–Crippen MR) is 116 cm³/mol. The number of carbonyl (C=O) groups excluding carboxylic acids is 1. The standard InChI is InChI=1S/C22H20N6O2/c1-26-11-12-28(21-20(26)23-16-9-5-6-10-17(16)24-21)19(29)13-18-14-7-3-4-8-15(14)22(30)27(2)25-18/h3-10H,11-13H2,1-2H3. The van der Waals surface area contributed by atoms with Crippen molar-refractivity contribution in [2.45, 2.75) is 6.42 Å². The van der Waals surface area contributed by atoms with E-state index in [0.29, 0.717) is 41.2 Å². The van der Waals surface area contributed by atoms with Crippen molar-refractivity contribution < 1.29 is 4.79 Å². The van der Waals surface area contributed by atoms with Gasteiger partial charge >= 0.3 is 0 Å². The van der Waals surface area contributed by atoms with Gasteiger partial charge in [-0.1, -0.05) is 30.3 Å². The van der Waals surface area contributed by atoms with E-state index in [2.05, 4.69) is 5.10 Å². The fraction of sp³-hybridized carbons (Fsp3) is 0.227. The normalized spacial score (nSPS) is 13.7. The monoisotopic (exact) mass is 400 g/mol. The van der Waals surface area contributed by atoms with Crippen molar-refractivity contribution in [2.24, 2.45) is 7.05 Å². The third kappa shape index (κ3) is 2.88. The van der Waals surface area contributed by atoms with E-state index in [1.54, 1.807) is 18.0 Å². The molecule has 0 saturated carbocycles. The molecule has 3 heterocycles. The summed E-state index contributed by atoms with van der Waals surface area (Å²) >= 11 is 0. The lowest BCUT2D eigenvalue weighted by molar-refractivity contribution is -0.118. The van der Waals surface area contributed by atoms with Crippen LogP contribution in [0.4, 0.5) is 11.6 Å². The average Bonchev–Trinajstić information content (AvgIpc) is 2.76. The van der Waals surface area contributed by atoms with Crippen LogP contribution in [0.3, 0.4) is 0 Å². The molecular weight excluding hydrogens is 380 g/mol. The van der Waals surface area contributed by atoms with Crippen LogP contribution < -0.4 is 15.4 Å². The van der Waals surface area contributed by atoms with Crippen LogP contribution in [0.5, 0.6) is 0 Å². The fourth-order valence-electron chi connectivity index (χ4n) is 3.87. The first-order valence-electron chi connectivity index (χ1n) is 9.76. The molecule has 0 saturated heterocycles. The quantitative estimate of drug-likeness (QED) is 0.511. The molecule has 0 bridgehead atoms. The highest BCUT2D eigenvalue weighted by atomic mass is 16.2. The van der Waals surface area contributed by atoms with Gasteiger partial charge in [0.2, 0.25) is 5.91 Å². The Labute approximate surface area is 172 Å². The van der Waals surface area contributed by atoms with Crippen LogP contribution >= 0.6 is 0 Å². The molecule has 5 rings (SSSR count). The number of rotatable bonds is 2. The predicted octanol–water partition coefficient (Wildman–Crippen LogP) is 1.90. The summed E-state index contributed by atoms with van der Waals surface area (Å²) < 4.78 is 1.29. The first kappa shape index (κ1) is 18.2. The Morgan fingerprint density at radius 2 is 1.53 bits per heavy atom. The molecule has 150 valence electrons. The van der Waals surface area contributed by atoms with E-state index in [4.69, 9.17) is 9.97 Å². The number of amides is 1. The van der Waals surface area contributed by atoms with Crippen molar-refractivity contribution in [2.75, 3.05) is 29.9 Å². The number of benzene rings is 2. The van der Waals surface area contributed by atoms with Crippen molar-refractivity contribution in [3.8, 4) is 0 Å². The molecule has 4 aromatic rings. The van der Waals surface area contributed by atoms with Gasteiger partial charge in [-0.05, 0) is 18.2 Å². The van der Waals surface area contributed by atoms with Crippen molar-refractivity contribution >= 4 is 39.3 Å². The summed E-state index contributed by atoms with van der Waals surface area (Å²) in [6.45, 7) is 1.17. The van der Waals surface area contributed by atoms with Crippen LogP contribution in [0.1, 0.15) is 5.69 Å². The minimum atomic E-state index is -0.177. The zero-order chi connectivity index (χ0) is 20.8. The minimum absolute atomic E-state index is 0.0757. The second kappa shape index (κ2) is 6.91. The van der Waals surface area contributed by atoms with Gasteiger partial charge in [-0.2, -0.15) is 5.10 Å². The Bertz CT molecular complexity index is 1360. The van der Waals surface area contributed by atoms with E-state index in [-0.39, 0.29) is 17.9 Å². The number of fused-ring (bicyclic) bond motifs is 3. The Morgan fingerprint density at radius 3 is 2.27 bits per heavy atom. The fourth-order valence-corrected chi connectivity index (χ4v) is 3.87. The smallest absolute Gasteiger partial charge is 0.274 e. The zero-order valence-electron chi connectivity index (χ0n) is 16.7. The third-order valence-electron chi connectivity index (χ3n) is 5.46. The molecular formula is C22H20N6O2. The summed E-state index contributed by atoms with van der Waals surface area (Å²) in [7, 11) is 3.55. The number of hydrogen-bond acceptors (Lipinski definition) is 6. The van der Waals surface area contributed by atoms with E-state index < -0.39 is 0 Å². The summed E-state index contributed by atoms with van der Waals surface area (Å²) in [5.74, 6) is 1.12. The molecule has 2 aromatic heterocycles. The van der Waals surface area contributed by atoms with Crippen molar-refractivity contribution in [1.82, 2.24) is 19.7 Å². The van der Waals surface area contributed by atoms with Gasteiger partial charge in [-0.3, -0.25) is 14.5 Å². The van der Waals surface area contributed by atoms with Gasteiger partial charge in [0, 0.05) is 32.6 Å². The maximum Gasteiger partial charge on any atom is 0.274 e. The number of aromatic nitrogens is 4. The van der Waals surface area contributed by atoms with Gasteiger partial charge in [-0.25, -0.2) is 14.6 Å². The van der Waals surface area contributed by atoms with Gasteiger partial charge in [0.05, 0.1) is 28.5 Å². The van der Waals surface area contributed by atoms with Crippen LogP contribution in [-0.2, 0) is 18.3 Å². The third-order valence-corrected chi connectivity index (χ3v) is 5.46. The molecule has 1 aliphatic rings. The Morgan fingerprint density at radius 1 is 0.900 bits per heavy atom. The maximum absolute atomic E-state index is 13.3. The molecule has 0 radical (unpaired) electrons. The topological polar surface area (TPSA) is 84.2 Å². The molecule has 30 heavy (non-hydrogen) atoms. The SMILES string of the molecule is CN1CCN(C(=O)Cc2nn(C)c(=O)c3ccccc23)c2nc3ccccc3nc21. The van der Waals surface area contributed by atoms with Crippen LogP contribution in [0.2, 0.25) is 0 Å². The molecule has 0 N–H and O–H groups in total. The van der Waals surface area contributed by atoms with Crippen molar-refractivity contribution in [3.63, 3.8) is 0 Å². The first-order chi connectivity index (χ1) is 14.5. The number of anilines is 2.